The first-order valence-electron chi connectivity index (χ1n) is 4.48. The van der Waals surface area contributed by atoms with E-state index in [1.54, 1.807) is 0 Å². The van der Waals surface area contributed by atoms with Gasteiger partial charge in [-0.3, -0.25) is 4.79 Å². The third-order valence-corrected chi connectivity index (χ3v) is 3.23. The molecule has 1 unspecified atom stereocenters. The third-order valence-electron chi connectivity index (χ3n) is 2.26. The molecule has 0 saturated carbocycles. The number of nitrogens with zero attached hydrogens (tertiary/aromatic N) is 1. The summed E-state index contributed by atoms with van der Waals surface area (Å²) in [7, 11) is 0. The molecule has 0 radical (unpaired) electrons. The Morgan fingerprint density at radius 3 is 3.13 bits per heavy atom. The van der Waals surface area contributed by atoms with Crippen LogP contribution in [0.15, 0.2) is 17.5 Å². The number of thiophene rings is 1. The fraction of sp³-hybridized carbons (Fsp3) is 0.333. The number of aliphatic carboxylic acids is 1. The Kier molecular flexibility index (Phi) is 2.59. The van der Waals surface area contributed by atoms with Crippen molar-refractivity contribution in [1.82, 2.24) is 10.2 Å². The minimum atomic E-state index is -0.992. The van der Waals surface area contributed by atoms with Crippen LogP contribution in [-0.4, -0.2) is 35.1 Å². The molecular weight excluding hydrogens is 216 g/mol. The number of amides is 2. The highest BCUT2D eigenvalue weighted by Crippen LogP contribution is 2.27. The van der Waals surface area contributed by atoms with Gasteiger partial charge in [0.25, 0.3) is 0 Å². The van der Waals surface area contributed by atoms with E-state index in [1.165, 1.54) is 16.2 Å². The second kappa shape index (κ2) is 3.90. The van der Waals surface area contributed by atoms with Crippen molar-refractivity contribution in [3.05, 3.63) is 22.4 Å². The number of hydrogen-bond donors (Lipinski definition) is 2. The average molecular weight is 226 g/mol. The van der Waals surface area contributed by atoms with Gasteiger partial charge in [0.2, 0.25) is 0 Å². The zero-order valence-electron chi connectivity index (χ0n) is 7.84. The summed E-state index contributed by atoms with van der Waals surface area (Å²) in [5.74, 6) is -0.992. The molecule has 2 heterocycles. The molecule has 1 aliphatic heterocycles. The first-order valence-corrected chi connectivity index (χ1v) is 5.36. The van der Waals surface area contributed by atoms with Crippen LogP contribution in [0, 0.1) is 0 Å². The van der Waals surface area contributed by atoms with Gasteiger partial charge in [0.1, 0.15) is 6.54 Å². The topological polar surface area (TPSA) is 69.6 Å². The maximum atomic E-state index is 11.4. The van der Waals surface area contributed by atoms with E-state index in [-0.39, 0.29) is 18.6 Å². The number of nitrogens with one attached hydrogen (secondary N) is 1. The molecule has 0 bridgehead atoms. The van der Waals surface area contributed by atoms with Crippen LogP contribution in [0.2, 0.25) is 0 Å². The van der Waals surface area contributed by atoms with E-state index in [0.717, 1.165) is 4.88 Å². The molecule has 0 aliphatic carbocycles. The first-order chi connectivity index (χ1) is 7.18. The Bertz CT molecular complexity index is 377. The summed E-state index contributed by atoms with van der Waals surface area (Å²) in [5, 5.41) is 13.2. The summed E-state index contributed by atoms with van der Waals surface area (Å²) < 4.78 is 0. The molecule has 2 rings (SSSR count). The molecule has 2 amide bonds. The van der Waals surface area contributed by atoms with Crippen molar-refractivity contribution in [1.29, 1.82) is 0 Å². The summed E-state index contributed by atoms with van der Waals surface area (Å²) in [4.78, 5) is 24.3. The van der Waals surface area contributed by atoms with Gasteiger partial charge >= 0.3 is 12.0 Å². The van der Waals surface area contributed by atoms with Gasteiger partial charge in [0.05, 0.1) is 6.04 Å². The second-order valence-corrected chi connectivity index (χ2v) is 4.22. The fourth-order valence-electron chi connectivity index (χ4n) is 1.60. The van der Waals surface area contributed by atoms with Crippen LogP contribution in [0.1, 0.15) is 10.9 Å². The Hall–Kier alpha value is -1.56. The minimum absolute atomic E-state index is 0.145. The van der Waals surface area contributed by atoms with E-state index in [0.29, 0.717) is 6.54 Å². The molecule has 80 valence electrons. The maximum absolute atomic E-state index is 11.4. The molecule has 1 aliphatic rings. The molecule has 1 saturated heterocycles. The lowest BCUT2D eigenvalue weighted by atomic mass is 10.2. The number of carbonyl (C=O) groups excluding carboxylic acids is 1. The lowest BCUT2D eigenvalue weighted by molar-refractivity contribution is -0.137. The normalized spacial score (nSPS) is 20.4. The highest BCUT2D eigenvalue weighted by molar-refractivity contribution is 7.10. The molecule has 1 atom stereocenters. The van der Waals surface area contributed by atoms with E-state index in [2.05, 4.69) is 5.32 Å². The highest BCUT2D eigenvalue weighted by Gasteiger charge is 2.33. The molecule has 5 nitrogen and oxygen atoms in total. The Labute approximate surface area is 90.3 Å². The number of carboxylic acids is 1. The van der Waals surface area contributed by atoms with Gasteiger partial charge in [-0.1, -0.05) is 6.07 Å². The average Bonchev–Trinajstić information content (AvgIpc) is 2.76. The quantitative estimate of drug-likeness (QED) is 0.804. The van der Waals surface area contributed by atoms with Crippen molar-refractivity contribution in [2.24, 2.45) is 0 Å². The third kappa shape index (κ3) is 1.94. The van der Waals surface area contributed by atoms with Gasteiger partial charge in [0, 0.05) is 11.4 Å². The number of carbonyl (C=O) groups is 2. The van der Waals surface area contributed by atoms with Crippen LogP contribution < -0.4 is 5.32 Å². The number of urea groups is 1. The zero-order valence-corrected chi connectivity index (χ0v) is 8.66. The van der Waals surface area contributed by atoms with Gasteiger partial charge in [-0.15, -0.1) is 11.3 Å². The summed E-state index contributed by atoms with van der Waals surface area (Å²) in [6.07, 6.45) is 0. The molecule has 1 aromatic rings. The van der Waals surface area contributed by atoms with Crippen LogP contribution in [0.3, 0.4) is 0 Å². The lowest BCUT2D eigenvalue weighted by Crippen LogP contribution is -2.34. The molecule has 0 spiro atoms. The van der Waals surface area contributed by atoms with Crippen LogP contribution in [0.5, 0.6) is 0 Å². The standard InChI is InChI=1S/C9H10N2O3S/c12-8(13)5-11-6(4-10-9(11)14)7-2-1-3-15-7/h1-3,6H,4-5H2,(H,10,14)(H,12,13). The maximum Gasteiger partial charge on any atom is 0.323 e. The van der Waals surface area contributed by atoms with Gasteiger partial charge in [-0.2, -0.15) is 0 Å². The van der Waals surface area contributed by atoms with Crippen molar-refractivity contribution >= 4 is 23.3 Å². The van der Waals surface area contributed by atoms with Crippen LogP contribution in [0.4, 0.5) is 4.79 Å². The zero-order chi connectivity index (χ0) is 10.8. The molecule has 0 aromatic carbocycles. The largest absolute Gasteiger partial charge is 0.480 e. The molecule has 15 heavy (non-hydrogen) atoms. The van der Waals surface area contributed by atoms with Crippen molar-refractivity contribution in [3.63, 3.8) is 0 Å². The summed E-state index contributed by atoms with van der Waals surface area (Å²) in [6, 6.07) is 3.34. The van der Waals surface area contributed by atoms with Gasteiger partial charge in [0.15, 0.2) is 0 Å². The van der Waals surface area contributed by atoms with Crippen LogP contribution >= 0.6 is 11.3 Å². The molecular formula is C9H10N2O3S. The summed E-state index contributed by atoms with van der Waals surface area (Å²) >= 11 is 1.53. The fourth-order valence-corrected chi connectivity index (χ4v) is 2.44. The number of carboxylic acid groups (broad SMARTS) is 1. The minimum Gasteiger partial charge on any atom is -0.480 e. The smallest absolute Gasteiger partial charge is 0.323 e. The molecule has 2 N–H and O–H groups in total. The van der Waals surface area contributed by atoms with E-state index in [4.69, 9.17) is 5.11 Å². The Morgan fingerprint density at radius 2 is 2.53 bits per heavy atom. The van der Waals surface area contributed by atoms with Gasteiger partial charge in [-0.05, 0) is 11.4 Å². The first kappa shape index (κ1) is 9.97. The van der Waals surface area contributed by atoms with Crippen molar-refractivity contribution in [2.75, 3.05) is 13.1 Å². The summed E-state index contributed by atoms with van der Waals surface area (Å²) in [6.45, 7) is 0.223. The van der Waals surface area contributed by atoms with E-state index in [9.17, 15) is 9.59 Å². The van der Waals surface area contributed by atoms with Crippen molar-refractivity contribution < 1.29 is 14.7 Å². The molecule has 1 aromatic heterocycles. The predicted molar refractivity (Wildman–Crippen MR) is 54.8 cm³/mol. The number of hydrogen-bond acceptors (Lipinski definition) is 3. The van der Waals surface area contributed by atoms with E-state index >= 15 is 0 Å². The Balaban J connectivity index is 2.18. The Morgan fingerprint density at radius 1 is 1.73 bits per heavy atom. The number of rotatable bonds is 3. The van der Waals surface area contributed by atoms with Crippen molar-refractivity contribution in [3.8, 4) is 0 Å². The van der Waals surface area contributed by atoms with Crippen LogP contribution in [-0.2, 0) is 4.79 Å². The van der Waals surface area contributed by atoms with Gasteiger partial charge < -0.3 is 15.3 Å². The van der Waals surface area contributed by atoms with Crippen LogP contribution in [0.25, 0.3) is 0 Å². The monoisotopic (exact) mass is 226 g/mol. The second-order valence-electron chi connectivity index (χ2n) is 3.24. The van der Waals surface area contributed by atoms with E-state index < -0.39 is 5.97 Å². The SMILES string of the molecule is O=C(O)CN1C(=O)NCC1c1cccs1. The molecule has 1 fully saturated rings. The van der Waals surface area contributed by atoms with Crippen molar-refractivity contribution in [2.45, 2.75) is 6.04 Å². The molecule has 6 heteroatoms. The summed E-state index contributed by atoms with van der Waals surface area (Å²) in [5.41, 5.74) is 0. The van der Waals surface area contributed by atoms with E-state index in [1.807, 2.05) is 17.5 Å². The van der Waals surface area contributed by atoms with Gasteiger partial charge in [-0.25, -0.2) is 4.79 Å². The highest BCUT2D eigenvalue weighted by atomic mass is 32.1. The lowest BCUT2D eigenvalue weighted by Gasteiger charge is -2.19. The predicted octanol–water partition coefficient (Wildman–Crippen LogP) is 0.899.